The Morgan fingerprint density at radius 3 is 2.89 bits per heavy atom. The number of carbonyl (C=O) groups is 1. The van der Waals surface area contributed by atoms with Crippen LogP contribution in [0.5, 0.6) is 0 Å². The van der Waals surface area contributed by atoms with Gasteiger partial charge in [0, 0.05) is 18.3 Å². The van der Waals surface area contributed by atoms with Gasteiger partial charge in [-0.15, -0.1) is 0 Å². The summed E-state index contributed by atoms with van der Waals surface area (Å²) in [4.78, 5) is 27.0. The van der Waals surface area contributed by atoms with Gasteiger partial charge in [-0.25, -0.2) is 9.78 Å². The number of aryl methyl sites for hydroxylation is 1. The van der Waals surface area contributed by atoms with Crippen molar-refractivity contribution >= 4 is 22.8 Å². The second-order valence-electron chi connectivity index (χ2n) is 7.14. The van der Waals surface area contributed by atoms with E-state index in [1.165, 1.54) is 0 Å². The minimum atomic E-state index is -0.196. The van der Waals surface area contributed by atoms with Crippen molar-refractivity contribution in [3.63, 3.8) is 0 Å². The lowest BCUT2D eigenvalue weighted by Crippen LogP contribution is -2.46. The van der Waals surface area contributed by atoms with Crippen LogP contribution >= 0.6 is 0 Å². The van der Waals surface area contributed by atoms with Crippen LogP contribution in [-0.4, -0.2) is 45.5 Å². The molecule has 1 saturated heterocycles. The average molecular weight is 364 g/mol. The summed E-state index contributed by atoms with van der Waals surface area (Å²) in [5, 5.41) is 5.94. The van der Waals surface area contributed by atoms with E-state index in [2.05, 4.69) is 32.5 Å². The number of hydrogen-bond acceptors (Lipinski definition) is 4. The number of anilines is 1. The van der Waals surface area contributed by atoms with E-state index in [0.717, 1.165) is 41.9 Å². The van der Waals surface area contributed by atoms with Crippen LogP contribution in [0.25, 0.3) is 11.0 Å². The molecule has 1 aromatic carbocycles. The lowest BCUT2D eigenvalue weighted by molar-refractivity contribution is 0.153. The fourth-order valence-corrected chi connectivity index (χ4v) is 3.56. The smallest absolute Gasteiger partial charge is 0.319 e. The molecule has 0 bridgehead atoms. The fraction of sp³-hybridized carbons (Fsp3) is 0.350. The average Bonchev–Trinajstić information content (AvgIpc) is 3.09. The number of nitrogens with one attached hydrogen (secondary N) is 3. The molecule has 2 aromatic heterocycles. The summed E-state index contributed by atoms with van der Waals surface area (Å²) in [5.41, 5.74) is 3.63. The quantitative estimate of drug-likeness (QED) is 0.666. The van der Waals surface area contributed by atoms with Crippen LogP contribution in [-0.2, 0) is 0 Å². The molecule has 2 amide bonds. The Labute approximate surface area is 158 Å². The van der Waals surface area contributed by atoms with Crippen molar-refractivity contribution in [1.82, 2.24) is 25.2 Å². The number of aromatic nitrogens is 3. The van der Waals surface area contributed by atoms with E-state index in [1.807, 2.05) is 43.3 Å². The molecule has 3 N–H and O–H groups in total. The highest BCUT2D eigenvalue weighted by Crippen LogP contribution is 2.29. The third-order valence-electron chi connectivity index (χ3n) is 5.10. The molecule has 2 unspecified atom stereocenters. The first-order chi connectivity index (χ1) is 13.1. The maximum atomic E-state index is 12.3. The summed E-state index contributed by atoms with van der Waals surface area (Å²) in [6.45, 7) is 2.82. The third-order valence-corrected chi connectivity index (χ3v) is 5.10. The largest absolute Gasteiger partial charge is 0.341 e. The maximum Gasteiger partial charge on any atom is 0.319 e. The predicted molar refractivity (Wildman–Crippen MR) is 106 cm³/mol. The predicted octanol–water partition coefficient (Wildman–Crippen LogP) is 3.22. The zero-order valence-electron chi connectivity index (χ0n) is 15.6. The summed E-state index contributed by atoms with van der Waals surface area (Å²) in [5.74, 6) is 0.952. The van der Waals surface area contributed by atoms with Gasteiger partial charge in [-0.3, -0.25) is 9.88 Å². The molecule has 0 radical (unpaired) electrons. The monoisotopic (exact) mass is 364 g/mol. The van der Waals surface area contributed by atoms with Crippen LogP contribution in [0, 0.1) is 6.92 Å². The van der Waals surface area contributed by atoms with Gasteiger partial charge < -0.3 is 15.6 Å². The van der Waals surface area contributed by atoms with Crippen molar-refractivity contribution in [2.24, 2.45) is 0 Å². The van der Waals surface area contributed by atoms with Crippen molar-refractivity contribution in [2.75, 3.05) is 18.9 Å². The van der Waals surface area contributed by atoms with Gasteiger partial charge in [-0.05, 0) is 51.1 Å². The number of carbonyl (C=O) groups excluding carboxylic acids is 1. The van der Waals surface area contributed by atoms with Gasteiger partial charge in [-0.1, -0.05) is 12.1 Å². The lowest BCUT2D eigenvalue weighted by atomic mass is 9.97. The number of H-pyrrole nitrogens is 1. The number of pyridine rings is 1. The molecule has 4 rings (SSSR count). The summed E-state index contributed by atoms with van der Waals surface area (Å²) in [6, 6.07) is 11.8. The summed E-state index contributed by atoms with van der Waals surface area (Å²) < 4.78 is 0. The molecule has 7 heteroatoms. The van der Waals surface area contributed by atoms with E-state index in [-0.39, 0.29) is 18.1 Å². The minimum Gasteiger partial charge on any atom is -0.341 e. The van der Waals surface area contributed by atoms with E-state index in [4.69, 9.17) is 4.98 Å². The van der Waals surface area contributed by atoms with Crippen LogP contribution in [0.15, 0.2) is 42.6 Å². The summed E-state index contributed by atoms with van der Waals surface area (Å²) >= 11 is 0. The fourth-order valence-electron chi connectivity index (χ4n) is 3.56. The Morgan fingerprint density at radius 1 is 1.26 bits per heavy atom. The van der Waals surface area contributed by atoms with E-state index in [1.54, 1.807) is 6.20 Å². The molecule has 7 nitrogen and oxygen atoms in total. The molecule has 1 aliphatic heterocycles. The molecule has 1 fully saturated rings. The number of aromatic amines is 1. The number of rotatable bonds is 3. The van der Waals surface area contributed by atoms with Gasteiger partial charge in [0.25, 0.3) is 0 Å². The van der Waals surface area contributed by atoms with Gasteiger partial charge in [0.1, 0.15) is 5.82 Å². The van der Waals surface area contributed by atoms with Gasteiger partial charge >= 0.3 is 6.03 Å². The minimum absolute atomic E-state index is 0.0952. The molecule has 1 aliphatic rings. The molecule has 27 heavy (non-hydrogen) atoms. The van der Waals surface area contributed by atoms with Gasteiger partial charge in [0.2, 0.25) is 0 Å². The number of para-hydroxylation sites is 2. The van der Waals surface area contributed by atoms with Crippen LogP contribution in [0.2, 0.25) is 0 Å². The number of likely N-dealkylation sites (tertiary alicyclic amines) is 1. The molecular formula is C20H24N6O. The van der Waals surface area contributed by atoms with Gasteiger partial charge in [0.05, 0.1) is 29.0 Å². The molecule has 2 atom stereocenters. The van der Waals surface area contributed by atoms with Crippen molar-refractivity contribution in [3.05, 3.63) is 54.1 Å². The highest BCUT2D eigenvalue weighted by Gasteiger charge is 2.30. The van der Waals surface area contributed by atoms with Crippen molar-refractivity contribution in [2.45, 2.75) is 31.8 Å². The highest BCUT2D eigenvalue weighted by molar-refractivity contribution is 5.89. The molecule has 0 saturated carbocycles. The van der Waals surface area contributed by atoms with E-state index >= 15 is 0 Å². The maximum absolute atomic E-state index is 12.3. The first-order valence-corrected chi connectivity index (χ1v) is 9.23. The Morgan fingerprint density at radius 2 is 2.11 bits per heavy atom. The zero-order chi connectivity index (χ0) is 18.8. The standard InChI is InChI=1S/C20H24N6O/c1-13-7-8-15(12-21-13)23-20(27)22-14-9-10-26(2)18(11-14)19-24-16-5-3-4-6-17(16)25-19/h3-8,12,14,18H,9-11H2,1-2H3,(H,24,25)(H2,22,23,27). The van der Waals surface area contributed by atoms with E-state index in [0.29, 0.717) is 5.69 Å². The van der Waals surface area contributed by atoms with Crippen LogP contribution in [0.4, 0.5) is 10.5 Å². The second kappa shape index (κ2) is 7.36. The number of piperidine rings is 1. The third kappa shape index (κ3) is 3.93. The normalized spacial score (nSPS) is 20.5. The number of urea groups is 1. The number of benzene rings is 1. The van der Waals surface area contributed by atoms with Crippen molar-refractivity contribution in [3.8, 4) is 0 Å². The molecule has 140 valence electrons. The summed E-state index contributed by atoms with van der Waals surface area (Å²) in [6.07, 6.45) is 3.39. The van der Waals surface area contributed by atoms with Crippen molar-refractivity contribution < 1.29 is 4.79 Å². The Bertz CT molecular complexity index is 902. The SMILES string of the molecule is Cc1ccc(NC(=O)NC2CCN(C)C(c3nc4ccccc4[nH]3)C2)cn1. The molecule has 0 spiro atoms. The number of imidazole rings is 1. The Balaban J connectivity index is 1.42. The molecule has 0 aliphatic carbocycles. The van der Waals surface area contributed by atoms with Crippen molar-refractivity contribution in [1.29, 1.82) is 0 Å². The van der Waals surface area contributed by atoms with E-state index in [9.17, 15) is 4.79 Å². The van der Waals surface area contributed by atoms with Gasteiger partial charge in [0.15, 0.2) is 0 Å². The number of hydrogen-bond donors (Lipinski definition) is 3. The first-order valence-electron chi connectivity index (χ1n) is 9.23. The first kappa shape index (κ1) is 17.5. The number of amides is 2. The van der Waals surface area contributed by atoms with Crippen LogP contribution in [0.3, 0.4) is 0 Å². The molecular weight excluding hydrogens is 340 g/mol. The zero-order valence-corrected chi connectivity index (χ0v) is 15.6. The Hall–Kier alpha value is -2.93. The molecule has 3 heterocycles. The number of fused-ring (bicyclic) bond motifs is 1. The van der Waals surface area contributed by atoms with E-state index < -0.39 is 0 Å². The highest BCUT2D eigenvalue weighted by atomic mass is 16.2. The number of nitrogens with zero attached hydrogens (tertiary/aromatic N) is 3. The van der Waals surface area contributed by atoms with Crippen LogP contribution < -0.4 is 10.6 Å². The summed E-state index contributed by atoms with van der Waals surface area (Å²) in [7, 11) is 2.10. The van der Waals surface area contributed by atoms with Crippen LogP contribution in [0.1, 0.15) is 30.4 Å². The topological polar surface area (TPSA) is 85.9 Å². The Kier molecular flexibility index (Phi) is 4.77. The van der Waals surface area contributed by atoms with Gasteiger partial charge in [-0.2, -0.15) is 0 Å². The molecule has 3 aromatic rings. The lowest BCUT2D eigenvalue weighted by Gasteiger charge is -2.36. The second-order valence-corrected chi connectivity index (χ2v) is 7.14.